The first-order valence-corrected chi connectivity index (χ1v) is 6.30. The van der Waals surface area contributed by atoms with Gasteiger partial charge in [0, 0.05) is 26.3 Å². The molecule has 0 radical (unpaired) electrons. The lowest BCUT2D eigenvalue weighted by molar-refractivity contribution is -0.138. The Labute approximate surface area is 113 Å². The fourth-order valence-corrected chi connectivity index (χ4v) is 1.92. The van der Waals surface area contributed by atoms with Crippen LogP contribution in [0.5, 0.6) is 0 Å². The highest BCUT2D eigenvalue weighted by atomic mass is 16.5. The van der Waals surface area contributed by atoms with E-state index in [0.717, 1.165) is 5.56 Å². The molecule has 19 heavy (non-hydrogen) atoms. The monoisotopic (exact) mass is 267 g/mol. The van der Waals surface area contributed by atoms with Crippen LogP contribution in [0.15, 0.2) is 30.3 Å². The third-order valence-corrected chi connectivity index (χ3v) is 2.96. The standard InChI is InChI=1S/C14H21NO4/c1-19-10-12(7-8-16)15-9-13(14(17)18)11-5-3-2-4-6-11/h2-6,12-13,15-16H,7-10H2,1H3,(H,17,18). The molecule has 1 rings (SSSR count). The number of hydrogen-bond donors (Lipinski definition) is 3. The number of aliphatic hydroxyl groups excluding tert-OH is 1. The van der Waals surface area contributed by atoms with E-state index in [1.54, 1.807) is 19.2 Å². The van der Waals surface area contributed by atoms with Crippen LogP contribution >= 0.6 is 0 Å². The highest BCUT2D eigenvalue weighted by Crippen LogP contribution is 2.15. The van der Waals surface area contributed by atoms with Gasteiger partial charge in [-0.1, -0.05) is 30.3 Å². The summed E-state index contributed by atoms with van der Waals surface area (Å²) in [7, 11) is 1.58. The Kier molecular flexibility index (Phi) is 7.10. The zero-order valence-corrected chi connectivity index (χ0v) is 11.1. The zero-order valence-electron chi connectivity index (χ0n) is 11.1. The largest absolute Gasteiger partial charge is 0.481 e. The number of nitrogens with one attached hydrogen (secondary N) is 1. The molecule has 0 saturated carbocycles. The molecule has 0 saturated heterocycles. The Bertz CT molecular complexity index is 363. The molecule has 1 aromatic rings. The Morgan fingerprint density at radius 3 is 2.58 bits per heavy atom. The van der Waals surface area contributed by atoms with Gasteiger partial charge in [-0.15, -0.1) is 0 Å². The Balaban J connectivity index is 2.61. The molecule has 5 nitrogen and oxygen atoms in total. The van der Waals surface area contributed by atoms with Gasteiger partial charge in [0.25, 0.3) is 0 Å². The van der Waals surface area contributed by atoms with Gasteiger partial charge in [0.2, 0.25) is 0 Å². The van der Waals surface area contributed by atoms with Gasteiger partial charge in [0.1, 0.15) is 0 Å². The molecule has 5 heteroatoms. The molecule has 106 valence electrons. The number of benzene rings is 1. The molecule has 0 heterocycles. The molecule has 0 bridgehead atoms. The number of methoxy groups -OCH3 is 1. The molecule has 2 atom stereocenters. The minimum Gasteiger partial charge on any atom is -0.481 e. The van der Waals surface area contributed by atoms with Crippen molar-refractivity contribution in [1.82, 2.24) is 5.32 Å². The Morgan fingerprint density at radius 2 is 2.05 bits per heavy atom. The number of aliphatic hydroxyl groups is 1. The van der Waals surface area contributed by atoms with Crippen LogP contribution in [0, 0.1) is 0 Å². The number of hydrogen-bond acceptors (Lipinski definition) is 4. The van der Waals surface area contributed by atoms with E-state index in [4.69, 9.17) is 9.84 Å². The smallest absolute Gasteiger partial charge is 0.312 e. The fraction of sp³-hybridized carbons (Fsp3) is 0.500. The molecule has 0 aliphatic rings. The van der Waals surface area contributed by atoms with E-state index in [1.807, 2.05) is 18.2 Å². The van der Waals surface area contributed by atoms with Gasteiger partial charge in [-0.3, -0.25) is 4.79 Å². The maximum Gasteiger partial charge on any atom is 0.312 e. The normalized spacial score (nSPS) is 14.0. The number of aliphatic carboxylic acids is 1. The van der Waals surface area contributed by atoms with Crippen LogP contribution in [0.25, 0.3) is 0 Å². The average molecular weight is 267 g/mol. The van der Waals surface area contributed by atoms with Crippen molar-refractivity contribution in [2.24, 2.45) is 0 Å². The Morgan fingerprint density at radius 1 is 1.37 bits per heavy atom. The second-order valence-electron chi connectivity index (χ2n) is 4.37. The molecule has 0 aliphatic heterocycles. The summed E-state index contributed by atoms with van der Waals surface area (Å²) >= 11 is 0. The van der Waals surface area contributed by atoms with Crippen molar-refractivity contribution in [3.63, 3.8) is 0 Å². The first kappa shape index (κ1) is 15.6. The second kappa shape index (κ2) is 8.63. The van der Waals surface area contributed by atoms with Crippen LogP contribution in [-0.2, 0) is 9.53 Å². The van der Waals surface area contributed by atoms with Crippen LogP contribution in [-0.4, -0.2) is 49.1 Å². The number of carboxylic acid groups (broad SMARTS) is 1. The maximum atomic E-state index is 11.3. The van der Waals surface area contributed by atoms with E-state index < -0.39 is 11.9 Å². The van der Waals surface area contributed by atoms with Crippen LogP contribution in [0.2, 0.25) is 0 Å². The van der Waals surface area contributed by atoms with Gasteiger partial charge < -0.3 is 20.3 Å². The van der Waals surface area contributed by atoms with Crippen LogP contribution in [0.3, 0.4) is 0 Å². The fourth-order valence-electron chi connectivity index (χ4n) is 1.92. The molecule has 0 amide bonds. The number of ether oxygens (including phenoxy) is 1. The molecule has 2 unspecified atom stereocenters. The SMILES string of the molecule is COCC(CCO)NCC(C(=O)O)c1ccccc1. The van der Waals surface area contributed by atoms with E-state index >= 15 is 0 Å². The van der Waals surface area contributed by atoms with E-state index in [9.17, 15) is 9.90 Å². The van der Waals surface area contributed by atoms with E-state index in [1.165, 1.54) is 0 Å². The lowest BCUT2D eigenvalue weighted by Crippen LogP contribution is -2.38. The molecule has 0 aliphatic carbocycles. The molecule has 1 aromatic carbocycles. The first-order valence-electron chi connectivity index (χ1n) is 6.30. The number of carboxylic acids is 1. The van der Waals surface area contributed by atoms with Crippen molar-refractivity contribution in [3.05, 3.63) is 35.9 Å². The first-order chi connectivity index (χ1) is 9.19. The van der Waals surface area contributed by atoms with Crippen molar-refractivity contribution in [2.45, 2.75) is 18.4 Å². The van der Waals surface area contributed by atoms with Crippen LogP contribution in [0.4, 0.5) is 0 Å². The number of carbonyl (C=O) groups is 1. The van der Waals surface area contributed by atoms with Crippen molar-refractivity contribution in [1.29, 1.82) is 0 Å². The van der Waals surface area contributed by atoms with E-state index in [0.29, 0.717) is 19.6 Å². The van der Waals surface area contributed by atoms with Crippen LogP contribution < -0.4 is 5.32 Å². The summed E-state index contributed by atoms with van der Waals surface area (Å²) in [5, 5.41) is 21.4. The van der Waals surface area contributed by atoms with Gasteiger partial charge >= 0.3 is 5.97 Å². The minimum absolute atomic E-state index is 0.0411. The highest BCUT2D eigenvalue weighted by Gasteiger charge is 2.20. The zero-order chi connectivity index (χ0) is 14.1. The second-order valence-corrected chi connectivity index (χ2v) is 4.37. The van der Waals surface area contributed by atoms with Gasteiger partial charge in [-0.2, -0.15) is 0 Å². The van der Waals surface area contributed by atoms with Crippen LogP contribution in [0.1, 0.15) is 17.9 Å². The predicted octanol–water partition coefficient (Wildman–Crippen LogP) is 0.842. The third kappa shape index (κ3) is 5.38. The van der Waals surface area contributed by atoms with Crippen molar-refractivity contribution < 1.29 is 19.7 Å². The Hall–Kier alpha value is -1.43. The summed E-state index contributed by atoms with van der Waals surface area (Å²) < 4.78 is 5.03. The molecule has 0 aromatic heterocycles. The summed E-state index contributed by atoms with van der Waals surface area (Å²) in [6.07, 6.45) is 0.537. The minimum atomic E-state index is -0.862. The maximum absolute atomic E-state index is 11.3. The van der Waals surface area contributed by atoms with E-state index in [2.05, 4.69) is 5.32 Å². The molecule has 3 N–H and O–H groups in total. The third-order valence-electron chi connectivity index (χ3n) is 2.96. The van der Waals surface area contributed by atoms with Crippen molar-refractivity contribution in [2.75, 3.05) is 26.9 Å². The molecular weight excluding hydrogens is 246 g/mol. The van der Waals surface area contributed by atoms with Crippen molar-refractivity contribution in [3.8, 4) is 0 Å². The topological polar surface area (TPSA) is 78.8 Å². The van der Waals surface area contributed by atoms with Gasteiger partial charge in [-0.05, 0) is 12.0 Å². The molecule has 0 spiro atoms. The highest BCUT2D eigenvalue weighted by molar-refractivity contribution is 5.76. The summed E-state index contributed by atoms with van der Waals surface area (Å²) in [6.45, 7) is 0.805. The number of rotatable bonds is 9. The van der Waals surface area contributed by atoms with E-state index in [-0.39, 0.29) is 12.6 Å². The van der Waals surface area contributed by atoms with Crippen molar-refractivity contribution >= 4 is 5.97 Å². The molecule has 0 fully saturated rings. The summed E-state index contributed by atoms with van der Waals surface area (Å²) in [5.41, 5.74) is 0.766. The quantitative estimate of drug-likeness (QED) is 0.618. The summed E-state index contributed by atoms with van der Waals surface area (Å²) in [6, 6.07) is 9.07. The summed E-state index contributed by atoms with van der Waals surface area (Å²) in [5.74, 6) is -1.46. The lowest BCUT2D eigenvalue weighted by atomic mass is 9.99. The van der Waals surface area contributed by atoms with Gasteiger partial charge in [0.05, 0.1) is 12.5 Å². The van der Waals surface area contributed by atoms with Gasteiger partial charge in [-0.25, -0.2) is 0 Å². The molecular formula is C14H21NO4. The van der Waals surface area contributed by atoms with Gasteiger partial charge in [0.15, 0.2) is 0 Å². The predicted molar refractivity (Wildman–Crippen MR) is 72.2 cm³/mol. The average Bonchev–Trinajstić information content (AvgIpc) is 2.40. The lowest BCUT2D eigenvalue weighted by Gasteiger charge is -2.20. The summed E-state index contributed by atoms with van der Waals surface area (Å²) in [4.78, 5) is 11.3.